The van der Waals surface area contributed by atoms with Gasteiger partial charge < -0.3 is 10.4 Å². The average molecular weight is 177 g/mol. The van der Waals surface area contributed by atoms with Crippen molar-refractivity contribution in [1.29, 1.82) is 0 Å². The number of fused-ring (bicyclic) bond motifs is 1. The summed E-state index contributed by atoms with van der Waals surface area (Å²) >= 11 is 0. The fraction of sp³-hybridized carbons (Fsp3) is 0.455. The summed E-state index contributed by atoms with van der Waals surface area (Å²) in [6.07, 6.45) is 0. The minimum absolute atomic E-state index is 0.105. The predicted octanol–water partition coefficient (Wildman–Crippen LogP) is 2.48. The van der Waals surface area contributed by atoms with Crippen LogP contribution in [0.4, 0.5) is 5.69 Å². The number of phenols is 1. The van der Waals surface area contributed by atoms with E-state index in [0.717, 1.165) is 5.69 Å². The first-order valence-corrected chi connectivity index (χ1v) is 4.62. The van der Waals surface area contributed by atoms with Crippen molar-refractivity contribution in [3.8, 4) is 5.75 Å². The number of rotatable bonds is 0. The molecule has 1 unspecified atom stereocenters. The molecule has 0 saturated heterocycles. The highest BCUT2D eigenvalue weighted by molar-refractivity contribution is 5.63. The van der Waals surface area contributed by atoms with E-state index in [1.54, 1.807) is 6.07 Å². The van der Waals surface area contributed by atoms with Crippen LogP contribution >= 0.6 is 0 Å². The van der Waals surface area contributed by atoms with Gasteiger partial charge in [0.2, 0.25) is 0 Å². The SMILES string of the molecule is CC1Nc2ccc(O)cc2C1(C)C. The van der Waals surface area contributed by atoms with Crippen molar-refractivity contribution in [3.05, 3.63) is 23.8 Å². The molecule has 1 atom stereocenters. The molecule has 2 nitrogen and oxygen atoms in total. The maximum atomic E-state index is 9.39. The summed E-state index contributed by atoms with van der Waals surface area (Å²) in [5.74, 6) is 0.350. The number of aromatic hydroxyl groups is 1. The molecular formula is C11H15NO. The fourth-order valence-corrected chi connectivity index (χ4v) is 1.84. The van der Waals surface area contributed by atoms with E-state index in [9.17, 15) is 5.11 Å². The monoisotopic (exact) mass is 177 g/mol. The van der Waals surface area contributed by atoms with Gasteiger partial charge >= 0.3 is 0 Å². The Morgan fingerprint density at radius 1 is 1.38 bits per heavy atom. The van der Waals surface area contributed by atoms with Crippen molar-refractivity contribution in [2.45, 2.75) is 32.2 Å². The zero-order chi connectivity index (χ0) is 9.64. The largest absolute Gasteiger partial charge is 0.508 e. The van der Waals surface area contributed by atoms with Gasteiger partial charge in [-0.25, -0.2) is 0 Å². The summed E-state index contributed by atoms with van der Waals surface area (Å²) in [6, 6.07) is 5.94. The van der Waals surface area contributed by atoms with Gasteiger partial charge in [0.1, 0.15) is 5.75 Å². The van der Waals surface area contributed by atoms with E-state index in [0.29, 0.717) is 11.8 Å². The third-order valence-electron chi connectivity index (χ3n) is 3.15. The first-order valence-electron chi connectivity index (χ1n) is 4.62. The Hall–Kier alpha value is -1.18. The molecule has 70 valence electrons. The van der Waals surface area contributed by atoms with Crippen LogP contribution in [0.5, 0.6) is 5.75 Å². The van der Waals surface area contributed by atoms with Crippen LogP contribution in [0.2, 0.25) is 0 Å². The summed E-state index contributed by atoms with van der Waals surface area (Å²) in [4.78, 5) is 0. The van der Waals surface area contributed by atoms with Crippen molar-refractivity contribution in [2.24, 2.45) is 0 Å². The van der Waals surface area contributed by atoms with Gasteiger partial charge in [0, 0.05) is 17.1 Å². The number of hydrogen-bond donors (Lipinski definition) is 2. The van der Waals surface area contributed by atoms with Gasteiger partial charge in [0.25, 0.3) is 0 Å². The van der Waals surface area contributed by atoms with Gasteiger partial charge in [-0.05, 0) is 30.7 Å². The number of nitrogens with one attached hydrogen (secondary N) is 1. The predicted molar refractivity (Wildman–Crippen MR) is 54.2 cm³/mol. The van der Waals surface area contributed by atoms with Crippen molar-refractivity contribution in [1.82, 2.24) is 0 Å². The molecule has 2 rings (SSSR count). The van der Waals surface area contributed by atoms with Gasteiger partial charge in [0.05, 0.1) is 0 Å². The standard InChI is InChI=1S/C11H15NO/c1-7-11(2,3)9-6-8(13)4-5-10(9)12-7/h4-7,12-13H,1-3H3. The van der Waals surface area contributed by atoms with E-state index < -0.39 is 0 Å². The zero-order valence-electron chi connectivity index (χ0n) is 8.26. The highest BCUT2D eigenvalue weighted by Gasteiger charge is 2.36. The van der Waals surface area contributed by atoms with Crippen LogP contribution in [0, 0.1) is 0 Å². The third kappa shape index (κ3) is 1.09. The van der Waals surface area contributed by atoms with Crippen LogP contribution in [0.15, 0.2) is 18.2 Å². The molecule has 0 spiro atoms. The van der Waals surface area contributed by atoms with E-state index >= 15 is 0 Å². The lowest BCUT2D eigenvalue weighted by Crippen LogP contribution is -2.29. The molecule has 0 radical (unpaired) electrons. The highest BCUT2D eigenvalue weighted by atomic mass is 16.3. The van der Waals surface area contributed by atoms with E-state index in [2.05, 4.69) is 26.1 Å². The summed E-state index contributed by atoms with van der Waals surface area (Å²) in [5, 5.41) is 12.8. The lowest BCUT2D eigenvalue weighted by Gasteiger charge is -2.23. The second-order valence-electron chi connectivity index (χ2n) is 4.32. The smallest absolute Gasteiger partial charge is 0.116 e. The van der Waals surface area contributed by atoms with Crippen molar-refractivity contribution < 1.29 is 5.11 Å². The maximum absolute atomic E-state index is 9.39. The molecule has 1 aromatic carbocycles. The van der Waals surface area contributed by atoms with E-state index in [-0.39, 0.29) is 5.41 Å². The third-order valence-corrected chi connectivity index (χ3v) is 3.15. The van der Waals surface area contributed by atoms with Crippen molar-refractivity contribution in [3.63, 3.8) is 0 Å². The Morgan fingerprint density at radius 2 is 2.08 bits per heavy atom. The minimum Gasteiger partial charge on any atom is -0.508 e. The molecule has 2 N–H and O–H groups in total. The second-order valence-corrected chi connectivity index (χ2v) is 4.32. The molecule has 1 aliphatic heterocycles. The topological polar surface area (TPSA) is 32.3 Å². The first-order chi connectivity index (χ1) is 6.01. The van der Waals surface area contributed by atoms with E-state index in [1.165, 1.54) is 5.56 Å². The number of hydrogen-bond acceptors (Lipinski definition) is 2. The quantitative estimate of drug-likeness (QED) is 0.597. The zero-order valence-corrected chi connectivity index (χ0v) is 8.26. The summed E-state index contributed by atoms with van der Waals surface area (Å²) in [6.45, 7) is 6.54. The number of phenolic OH excluding ortho intramolecular Hbond substituents is 1. The lowest BCUT2D eigenvalue weighted by atomic mass is 9.81. The average Bonchev–Trinajstić information content (AvgIpc) is 2.27. The van der Waals surface area contributed by atoms with Crippen LogP contribution in [0.25, 0.3) is 0 Å². The van der Waals surface area contributed by atoms with Gasteiger partial charge in [-0.15, -0.1) is 0 Å². The molecule has 13 heavy (non-hydrogen) atoms. The molecular weight excluding hydrogens is 162 g/mol. The molecule has 0 fully saturated rings. The van der Waals surface area contributed by atoms with Gasteiger partial charge in [-0.2, -0.15) is 0 Å². The van der Waals surface area contributed by atoms with Crippen LogP contribution in [0.3, 0.4) is 0 Å². The van der Waals surface area contributed by atoms with Crippen molar-refractivity contribution in [2.75, 3.05) is 5.32 Å². The van der Waals surface area contributed by atoms with Crippen LogP contribution in [-0.2, 0) is 5.41 Å². The Morgan fingerprint density at radius 3 is 2.77 bits per heavy atom. The minimum atomic E-state index is 0.105. The highest BCUT2D eigenvalue weighted by Crippen LogP contribution is 2.41. The fourth-order valence-electron chi connectivity index (χ4n) is 1.84. The van der Waals surface area contributed by atoms with E-state index in [1.807, 2.05) is 12.1 Å². The molecule has 1 aromatic rings. The second kappa shape index (κ2) is 2.41. The maximum Gasteiger partial charge on any atom is 0.116 e. The van der Waals surface area contributed by atoms with Gasteiger partial charge in [-0.1, -0.05) is 13.8 Å². The number of anilines is 1. The summed E-state index contributed by atoms with van der Waals surface area (Å²) in [7, 11) is 0. The van der Waals surface area contributed by atoms with Gasteiger partial charge in [0.15, 0.2) is 0 Å². The molecule has 0 aromatic heterocycles. The van der Waals surface area contributed by atoms with Crippen molar-refractivity contribution >= 4 is 5.69 Å². The van der Waals surface area contributed by atoms with Crippen LogP contribution in [-0.4, -0.2) is 11.1 Å². The Labute approximate surface area is 78.6 Å². The molecule has 0 bridgehead atoms. The molecule has 0 aliphatic carbocycles. The van der Waals surface area contributed by atoms with Crippen LogP contribution < -0.4 is 5.32 Å². The van der Waals surface area contributed by atoms with Crippen LogP contribution in [0.1, 0.15) is 26.3 Å². The molecule has 1 aliphatic rings. The molecule has 1 heterocycles. The first kappa shape index (κ1) is 8.42. The van der Waals surface area contributed by atoms with Gasteiger partial charge in [-0.3, -0.25) is 0 Å². The Balaban J connectivity index is 2.57. The molecule has 2 heteroatoms. The molecule has 0 amide bonds. The lowest BCUT2D eigenvalue weighted by molar-refractivity contribution is 0.463. The Bertz CT molecular complexity index is 344. The normalized spacial score (nSPS) is 23.8. The molecule has 0 saturated carbocycles. The Kier molecular flexibility index (Phi) is 1.56. The summed E-state index contributed by atoms with van der Waals surface area (Å²) < 4.78 is 0. The number of benzene rings is 1. The van der Waals surface area contributed by atoms with E-state index in [4.69, 9.17) is 0 Å². The summed E-state index contributed by atoms with van der Waals surface area (Å²) in [5.41, 5.74) is 2.46.